The highest BCUT2D eigenvalue weighted by Crippen LogP contribution is 2.27. The maximum Gasteiger partial charge on any atom is 0.257 e. The second-order valence-electron chi connectivity index (χ2n) is 6.60. The van der Waals surface area contributed by atoms with Crippen LogP contribution in [0.25, 0.3) is 22.7 Å². The molecule has 2 heterocycles. The normalized spacial score (nSPS) is 10.7. The summed E-state index contributed by atoms with van der Waals surface area (Å²) in [6.07, 6.45) is 1.67. The van der Waals surface area contributed by atoms with Crippen molar-refractivity contribution in [2.45, 2.75) is 13.8 Å². The Morgan fingerprint density at radius 2 is 1.86 bits per heavy atom. The zero-order chi connectivity index (χ0) is 20.4. The summed E-state index contributed by atoms with van der Waals surface area (Å²) >= 11 is 5.34. The van der Waals surface area contributed by atoms with E-state index >= 15 is 0 Å². The monoisotopic (exact) mass is 402 g/mol. The van der Waals surface area contributed by atoms with Gasteiger partial charge in [-0.05, 0) is 67.5 Å². The lowest BCUT2D eigenvalue weighted by molar-refractivity contribution is 0.0977. The SMILES string of the molecule is Cc1ccc(-c2nc3ncccc3o2)cc1NC(=S)NC(=O)c1ccccc1C. The summed E-state index contributed by atoms with van der Waals surface area (Å²) in [7, 11) is 0. The highest BCUT2D eigenvalue weighted by Gasteiger charge is 2.13. The van der Waals surface area contributed by atoms with Crippen LogP contribution in [-0.4, -0.2) is 21.0 Å². The van der Waals surface area contributed by atoms with Gasteiger partial charge in [0.25, 0.3) is 5.91 Å². The molecule has 0 saturated carbocycles. The molecule has 0 saturated heterocycles. The van der Waals surface area contributed by atoms with E-state index in [9.17, 15) is 4.79 Å². The van der Waals surface area contributed by atoms with Gasteiger partial charge in [-0.25, -0.2) is 4.98 Å². The molecule has 7 heteroatoms. The fourth-order valence-electron chi connectivity index (χ4n) is 2.93. The van der Waals surface area contributed by atoms with E-state index in [1.807, 2.05) is 56.3 Å². The molecular weight excluding hydrogens is 384 g/mol. The second-order valence-corrected chi connectivity index (χ2v) is 7.01. The van der Waals surface area contributed by atoms with Crippen LogP contribution >= 0.6 is 12.2 Å². The largest absolute Gasteiger partial charge is 0.434 e. The van der Waals surface area contributed by atoms with E-state index in [-0.39, 0.29) is 11.0 Å². The Labute approximate surface area is 173 Å². The smallest absolute Gasteiger partial charge is 0.257 e. The first-order valence-electron chi connectivity index (χ1n) is 9.02. The summed E-state index contributed by atoms with van der Waals surface area (Å²) in [4.78, 5) is 21.1. The van der Waals surface area contributed by atoms with E-state index in [1.54, 1.807) is 18.3 Å². The molecule has 0 fully saturated rings. The molecule has 2 aromatic heterocycles. The van der Waals surface area contributed by atoms with Crippen LogP contribution in [-0.2, 0) is 0 Å². The highest BCUT2D eigenvalue weighted by molar-refractivity contribution is 7.80. The number of benzene rings is 2. The second kappa shape index (κ2) is 7.81. The number of aromatic nitrogens is 2. The standard InChI is InChI=1S/C22H18N4O2S/c1-13-6-3-4-7-16(13)20(27)26-22(29)24-17-12-15(10-9-14(17)2)21-25-19-18(28-21)8-5-11-23-19/h3-12H,1-2H3,(H2,24,26,27,29). The topological polar surface area (TPSA) is 80.1 Å². The highest BCUT2D eigenvalue weighted by atomic mass is 32.1. The number of fused-ring (bicyclic) bond motifs is 1. The minimum atomic E-state index is -0.251. The van der Waals surface area contributed by atoms with Crippen LogP contribution < -0.4 is 10.6 Å². The Morgan fingerprint density at radius 1 is 1.03 bits per heavy atom. The van der Waals surface area contributed by atoms with Crippen LogP contribution in [0.15, 0.2) is 65.2 Å². The molecule has 0 unspecified atom stereocenters. The number of nitrogens with zero attached hydrogens (tertiary/aromatic N) is 2. The predicted molar refractivity (Wildman–Crippen MR) is 117 cm³/mol. The van der Waals surface area contributed by atoms with Gasteiger partial charge in [-0.2, -0.15) is 4.98 Å². The first-order chi connectivity index (χ1) is 14.0. The average molecular weight is 402 g/mol. The molecule has 4 rings (SSSR count). The van der Waals surface area contributed by atoms with Crippen molar-refractivity contribution in [3.63, 3.8) is 0 Å². The first-order valence-corrected chi connectivity index (χ1v) is 9.42. The maximum atomic E-state index is 12.5. The van der Waals surface area contributed by atoms with Gasteiger partial charge in [0.1, 0.15) is 0 Å². The van der Waals surface area contributed by atoms with Crippen molar-refractivity contribution < 1.29 is 9.21 Å². The molecule has 2 aromatic carbocycles. The lowest BCUT2D eigenvalue weighted by Gasteiger charge is -2.13. The summed E-state index contributed by atoms with van der Waals surface area (Å²) in [6, 6.07) is 16.7. The minimum absolute atomic E-state index is 0.220. The molecule has 0 spiro atoms. The lowest BCUT2D eigenvalue weighted by Crippen LogP contribution is -2.34. The first kappa shape index (κ1) is 18.8. The van der Waals surface area contributed by atoms with Gasteiger partial charge in [0, 0.05) is 23.0 Å². The van der Waals surface area contributed by atoms with E-state index in [1.165, 1.54) is 0 Å². The zero-order valence-corrected chi connectivity index (χ0v) is 16.7. The molecule has 0 radical (unpaired) electrons. The van der Waals surface area contributed by atoms with E-state index in [0.29, 0.717) is 22.7 Å². The predicted octanol–water partition coefficient (Wildman–Crippen LogP) is 4.63. The van der Waals surface area contributed by atoms with Gasteiger partial charge in [0.05, 0.1) is 0 Å². The third kappa shape index (κ3) is 4.00. The van der Waals surface area contributed by atoms with E-state index in [0.717, 1.165) is 22.4 Å². The molecule has 0 bridgehead atoms. The van der Waals surface area contributed by atoms with E-state index < -0.39 is 0 Å². The minimum Gasteiger partial charge on any atom is -0.434 e. The Balaban J connectivity index is 1.54. The number of nitrogens with one attached hydrogen (secondary N) is 2. The number of hydrogen-bond donors (Lipinski definition) is 2. The molecule has 1 amide bonds. The Kier molecular flexibility index (Phi) is 5.05. The number of rotatable bonds is 3. The summed E-state index contributed by atoms with van der Waals surface area (Å²) < 4.78 is 5.79. The van der Waals surface area contributed by atoms with Crippen molar-refractivity contribution in [1.82, 2.24) is 15.3 Å². The average Bonchev–Trinajstić information content (AvgIpc) is 3.14. The molecule has 0 aliphatic rings. The van der Waals surface area contributed by atoms with Gasteiger partial charge in [0.15, 0.2) is 16.3 Å². The summed E-state index contributed by atoms with van der Waals surface area (Å²) in [5, 5.41) is 6.03. The number of aryl methyl sites for hydroxylation is 2. The van der Waals surface area contributed by atoms with Crippen molar-refractivity contribution in [1.29, 1.82) is 0 Å². The molecular formula is C22H18N4O2S. The van der Waals surface area contributed by atoms with Crippen molar-refractivity contribution >= 4 is 40.2 Å². The fraction of sp³-hybridized carbons (Fsp3) is 0.0909. The van der Waals surface area contributed by atoms with Gasteiger partial charge in [-0.1, -0.05) is 24.3 Å². The van der Waals surface area contributed by atoms with Crippen LogP contribution in [0.3, 0.4) is 0 Å². The van der Waals surface area contributed by atoms with Crippen molar-refractivity contribution in [3.05, 3.63) is 77.5 Å². The Hall–Kier alpha value is -3.58. The van der Waals surface area contributed by atoms with Gasteiger partial charge in [-0.3, -0.25) is 10.1 Å². The maximum absolute atomic E-state index is 12.5. The van der Waals surface area contributed by atoms with Gasteiger partial charge in [0.2, 0.25) is 5.89 Å². The van der Waals surface area contributed by atoms with Crippen LogP contribution in [0.4, 0.5) is 5.69 Å². The number of carbonyl (C=O) groups excluding carboxylic acids is 1. The summed E-state index contributed by atoms with van der Waals surface area (Å²) in [5.74, 6) is 0.219. The molecule has 0 aliphatic carbocycles. The number of pyridine rings is 1. The Morgan fingerprint density at radius 3 is 2.66 bits per heavy atom. The van der Waals surface area contributed by atoms with E-state index in [2.05, 4.69) is 20.6 Å². The van der Waals surface area contributed by atoms with Gasteiger partial charge in [-0.15, -0.1) is 0 Å². The third-order valence-corrected chi connectivity index (χ3v) is 4.72. The number of hydrogen-bond acceptors (Lipinski definition) is 5. The number of carbonyl (C=O) groups is 1. The quantitative estimate of drug-likeness (QED) is 0.486. The van der Waals surface area contributed by atoms with Crippen LogP contribution in [0.1, 0.15) is 21.5 Å². The number of anilines is 1. The fourth-order valence-corrected chi connectivity index (χ4v) is 3.14. The third-order valence-electron chi connectivity index (χ3n) is 4.51. The van der Waals surface area contributed by atoms with Crippen molar-refractivity contribution in [3.8, 4) is 11.5 Å². The molecule has 0 atom stereocenters. The number of thiocarbonyl (C=S) groups is 1. The molecule has 6 nitrogen and oxygen atoms in total. The molecule has 4 aromatic rings. The summed E-state index contributed by atoms with van der Waals surface area (Å²) in [5.41, 5.74) is 5.15. The Bertz CT molecular complexity index is 1200. The lowest BCUT2D eigenvalue weighted by atomic mass is 10.1. The van der Waals surface area contributed by atoms with Crippen LogP contribution in [0, 0.1) is 13.8 Å². The molecule has 29 heavy (non-hydrogen) atoms. The van der Waals surface area contributed by atoms with Crippen LogP contribution in [0.2, 0.25) is 0 Å². The number of amides is 1. The van der Waals surface area contributed by atoms with Gasteiger partial charge >= 0.3 is 0 Å². The zero-order valence-electron chi connectivity index (χ0n) is 15.9. The molecule has 0 aliphatic heterocycles. The van der Waals surface area contributed by atoms with Crippen molar-refractivity contribution in [2.24, 2.45) is 0 Å². The summed E-state index contributed by atoms with van der Waals surface area (Å²) in [6.45, 7) is 3.83. The van der Waals surface area contributed by atoms with E-state index in [4.69, 9.17) is 16.6 Å². The molecule has 2 N–H and O–H groups in total. The van der Waals surface area contributed by atoms with Crippen molar-refractivity contribution in [2.75, 3.05) is 5.32 Å². The molecule has 144 valence electrons. The van der Waals surface area contributed by atoms with Crippen LogP contribution in [0.5, 0.6) is 0 Å². The number of oxazole rings is 1. The van der Waals surface area contributed by atoms with Gasteiger partial charge < -0.3 is 9.73 Å².